The number of aliphatic hydroxyl groups is 1. The van der Waals surface area contributed by atoms with Crippen LogP contribution in [0, 0.1) is 6.57 Å². The van der Waals surface area contributed by atoms with Crippen LogP contribution in [0.3, 0.4) is 0 Å². The van der Waals surface area contributed by atoms with Crippen molar-refractivity contribution in [3.05, 3.63) is 28.5 Å². The maximum Gasteiger partial charge on any atom is 0.296 e. The number of ether oxygens (including phenoxy) is 1. The molecule has 0 radical (unpaired) electrons. The van der Waals surface area contributed by atoms with Crippen molar-refractivity contribution >= 4 is 17.4 Å². The summed E-state index contributed by atoms with van der Waals surface area (Å²) in [5, 5.41) is 14.0. The molecule has 1 aliphatic heterocycles. The van der Waals surface area contributed by atoms with E-state index in [0.29, 0.717) is 11.3 Å². The highest BCUT2D eigenvalue weighted by Gasteiger charge is 2.42. The Morgan fingerprint density at radius 2 is 2.10 bits per heavy atom. The first-order chi connectivity index (χ1) is 9.73. The number of aliphatic hydroxyl groups excluding tert-OH is 1. The van der Waals surface area contributed by atoms with Crippen LogP contribution in [0.4, 0.5) is 11.5 Å². The van der Waals surface area contributed by atoms with Gasteiger partial charge in [-0.2, -0.15) is 0 Å². The monoisotopic (exact) mass is 291 g/mol. The van der Waals surface area contributed by atoms with Gasteiger partial charge in [-0.25, -0.2) is 4.85 Å². The molecule has 1 amide bonds. The standard InChI is InChI=1S/C14H17N3O4/c1-7-9(20-6)13(19)17(12(7)18)11-8(15-5)10(21-16-11)14(2,3)4/h12,18H,1-4,6H3. The second-order valence-electron chi connectivity index (χ2n) is 5.81. The summed E-state index contributed by atoms with van der Waals surface area (Å²) in [4.78, 5) is 16.7. The van der Waals surface area contributed by atoms with Crippen LogP contribution < -0.4 is 4.90 Å². The Kier molecular flexibility index (Phi) is 3.51. The Bertz CT molecular complexity index is 661. The van der Waals surface area contributed by atoms with E-state index in [4.69, 9.17) is 15.8 Å². The first-order valence-corrected chi connectivity index (χ1v) is 6.38. The van der Waals surface area contributed by atoms with Crippen molar-refractivity contribution in [1.29, 1.82) is 0 Å². The molecule has 1 unspecified atom stereocenters. The van der Waals surface area contributed by atoms with Crippen LogP contribution in [0.1, 0.15) is 33.5 Å². The van der Waals surface area contributed by atoms with Crippen LogP contribution in [0.15, 0.2) is 15.9 Å². The summed E-state index contributed by atoms with van der Waals surface area (Å²) in [5.74, 6) is -0.102. The van der Waals surface area contributed by atoms with Gasteiger partial charge in [-0.3, -0.25) is 9.69 Å². The third-order valence-corrected chi connectivity index (χ3v) is 3.28. The Labute approximate surface area is 122 Å². The Morgan fingerprint density at radius 3 is 2.52 bits per heavy atom. The number of nitrogens with zero attached hydrogens (tertiary/aromatic N) is 3. The number of hydrogen-bond donors (Lipinski definition) is 1. The van der Waals surface area contributed by atoms with Gasteiger partial charge in [-0.1, -0.05) is 25.9 Å². The summed E-state index contributed by atoms with van der Waals surface area (Å²) >= 11 is 0. The van der Waals surface area contributed by atoms with E-state index in [2.05, 4.69) is 10.0 Å². The summed E-state index contributed by atoms with van der Waals surface area (Å²) in [7, 11) is 1.35. The molecule has 2 rings (SSSR count). The van der Waals surface area contributed by atoms with E-state index in [1.165, 1.54) is 7.11 Å². The molecule has 1 atom stereocenters. The van der Waals surface area contributed by atoms with Crippen molar-refractivity contribution in [3.8, 4) is 0 Å². The van der Waals surface area contributed by atoms with E-state index in [1.54, 1.807) is 6.92 Å². The Hall–Kier alpha value is -2.33. The Balaban J connectivity index is 2.54. The van der Waals surface area contributed by atoms with Crippen molar-refractivity contribution in [3.63, 3.8) is 0 Å². The van der Waals surface area contributed by atoms with E-state index in [9.17, 15) is 9.90 Å². The number of aromatic nitrogens is 1. The highest BCUT2D eigenvalue weighted by Crippen LogP contribution is 2.42. The number of methoxy groups -OCH3 is 1. The van der Waals surface area contributed by atoms with Gasteiger partial charge in [0.1, 0.15) is 0 Å². The average Bonchev–Trinajstić information content (AvgIpc) is 2.90. The van der Waals surface area contributed by atoms with Crippen molar-refractivity contribution in [2.75, 3.05) is 12.0 Å². The summed E-state index contributed by atoms with van der Waals surface area (Å²) in [6, 6.07) is 0. The molecule has 0 saturated heterocycles. The van der Waals surface area contributed by atoms with Gasteiger partial charge in [-0.05, 0) is 6.92 Å². The lowest BCUT2D eigenvalue weighted by Gasteiger charge is -2.19. The smallest absolute Gasteiger partial charge is 0.296 e. The first-order valence-electron chi connectivity index (χ1n) is 6.38. The quantitative estimate of drug-likeness (QED) is 0.844. The van der Waals surface area contributed by atoms with Gasteiger partial charge in [0.05, 0.1) is 13.7 Å². The zero-order chi connectivity index (χ0) is 15.9. The maximum absolute atomic E-state index is 12.3. The van der Waals surface area contributed by atoms with Crippen LogP contribution in [-0.2, 0) is 14.9 Å². The number of anilines is 1. The van der Waals surface area contributed by atoms with Gasteiger partial charge >= 0.3 is 0 Å². The predicted octanol–water partition coefficient (Wildman–Crippen LogP) is 2.11. The minimum atomic E-state index is -1.22. The Morgan fingerprint density at radius 1 is 1.48 bits per heavy atom. The molecule has 0 aliphatic carbocycles. The second-order valence-corrected chi connectivity index (χ2v) is 5.81. The van der Waals surface area contributed by atoms with Gasteiger partial charge in [0.2, 0.25) is 0 Å². The summed E-state index contributed by atoms with van der Waals surface area (Å²) < 4.78 is 10.2. The molecule has 0 fully saturated rings. The highest BCUT2D eigenvalue weighted by atomic mass is 16.5. The van der Waals surface area contributed by atoms with Gasteiger partial charge in [0.15, 0.2) is 23.6 Å². The molecule has 21 heavy (non-hydrogen) atoms. The number of carbonyl (C=O) groups is 1. The maximum atomic E-state index is 12.3. The van der Waals surface area contributed by atoms with E-state index in [-0.39, 0.29) is 17.3 Å². The normalized spacial score (nSPS) is 19.2. The molecule has 2 heterocycles. The van der Waals surface area contributed by atoms with E-state index in [0.717, 1.165) is 4.90 Å². The fourth-order valence-electron chi connectivity index (χ4n) is 2.19. The molecular formula is C14H17N3O4. The van der Waals surface area contributed by atoms with Gasteiger partial charge in [0, 0.05) is 11.0 Å². The molecule has 1 N–H and O–H groups in total. The number of hydrogen-bond acceptors (Lipinski definition) is 5. The zero-order valence-corrected chi connectivity index (χ0v) is 12.6. The van der Waals surface area contributed by atoms with E-state index < -0.39 is 17.6 Å². The van der Waals surface area contributed by atoms with E-state index in [1.807, 2.05) is 20.8 Å². The predicted molar refractivity (Wildman–Crippen MR) is 74.7 cm³/mol. The van der Waals surface area contributed by atoms with Crippen LogP contribution in [0.5, 0.6) is 0 Å². The zero-order valence-electron chi connectivity index (χ0n) is 12.6. The number of carbonyl (C=O) groups excluding carboxylic acids is 1. The van der Waals surface area contributed by atoms with Gasteiger partial charge < -0.3 is 14.4 Å². The molecule has 0 spiro atoms. The second kappa shape index (κ2) is 4.90. The SMILES string of the molecule is [C-]#[N+]c1c(N2C(=O)C(OC)=C(C)C2O)noc1C(C)(C)C. The lowest BCUT2D eigenvalue weighted by molar-refractivity contribution is -0.118. The van der Waals surface area contributed by atoms with Crippen LogP contribution in [-0.4, -0.2) is 29.5 Å². The highest BCUT2D eigenvalue weighted by molar-refractivity contribution is 6.09. The fourth-order valence-corrected chi connectivity index (χ4v) is 2.19. The largest absolute Gasteiger partial charge is 0.491 e. The molecule has 112 valence electrons. The van der Waals surface area contributed by atoms with Crippen LogP contribution >= 0.6 is 0 Å². The minimum absolute atomic E-state index is 0.0128. The summed E-state index contributed by atoms with van der Waals surface area (Å²) in [6.45, 7) is 14.5. The minimum Gasteiger partial charge on any atom is -0.491 e. The number of amides is 1. The molecule has 0 saturated carbocycles. The van der Waals surface area contributed by atoms with E-state index >= 15 is 0 Å². The topological polar surface area (TPSA) is 80.2 Å². The number of rotatable bonds is 2. The van der Waals surface area contributed by atoms with Crippen LogP contribution in [0.2, 0.25) is 0 Å². The van der Waals surface area contributed by atoms with Crippen molar-refractivity contribution in [2.45, 2.75) is 39.3 Å². The summed E-state index contributed by atoms with van der Waals surface area (Å²) in [6.07, 6.45) is -1.22. The van der Waals surface area contributed by atoms with Crippen molar-refractivity contribution in [2.24, 2.45) is 0 Å². The lowest BCUT2D eigenvalue weighted by atomic mass is 9.92. The molecule has 1 aliphatic rings. The molecule has 0 aromatic carbocycles. The summed E-state index contributed by atoms with van der Waals surface area (Å²) in [5.41, 5.74) is 0.0598. The third kappa shape index (κ3) is 2.17. The molecule has 1 aromatic heterocycles. The molecule has 1 aromatic rings. The molecular weight excluding hydrogens is 274 g/mol. The molecule has 7 nitrogen and oxygen atoms in total. The van der Waals surface area contributed by atoms with Crippen LogP contribution in [0.25, 0.3) is 4.85 Å². The first kappa shape index (κ1) is 15.1. The fraction of sp³-hybridized carbons (Fsp3) is 0.500. The van der Waals surface area contributed by atoms with Crippen molar-refractivity contribution in [1.82, 2.24) is 5.16 Å². The molecule has 7 heteroatoms. The van der Waals surface area contributed by atoms with Crippen molar-refractivity contribution < 1.29 is 19.2 Å². The third-order valence-electron chi connectivity index (χ3n) is 3.28. The average molecular weight is 291 g/mol. The molecule has 0 bridgehead atoms. The van der Waals surface area contributed by atoms with Gasteiger partial charge in [-0.15, -0.1) is 0 Å². The lowest BCUT2D eigenvalue weighted by Crippen LogP contribution is -2.35. The van der Waals surface area contributed by atoms with Gasteiger partial charge in [0.25, 0.3) is 11.6 Å².